The van der Waals surface area contributed by atoms with Crippen LogP contribution in [0, 0.1) is 0 Å². The van der Waals surface area contributed by atoms with Crippen molar-refractivity contribution >= 4 is 40.7 Å². The van der Waals surface area contributed by atoms with E-state index in [-0.39, 0.29) is 0 Å². The fraction of sp³-hybridized carbons (Fsp3) is 0.0909. The number of hydrogen-bond acceptors (Lipinski definition) is 4. The molecule has 2 rings (SSSR count). The number of nitrogen functional groups attached to an aromatic ring is 1. The van der Waals surface area contributed by atoms with Gasteiger partial charge in [-0.25, -0.2) is 4.98 Å². The van der Waals surface area contributed by atoms with Gasteiger partial charge in [0, 0.05) is 16.3 Å². The van der Waals surface area contributed by atoms with Gasteiger partial charge in [-0.1, -0.05) is 23.2 Å². The molecule has 1 aromatic carbocycles. The number of nitrogens with two attached hydrogens (primary N) is 1. The molecule has 0 saturated carbocycles. The van der Waals surface area contributed by atoms with Crippen LogP contribution in [0.3, 0.4) is 0 Å². The number of aromatic nitrogens is 2. The first kappa shape index (κ1) is 12.5. The lowest BCUT2D eigenvalue weighted by molar-refractivity contribution is 1.10. The maximum atomic E-state index is 6.05. The Bertz CT molecular complexity index is 517. The van der Waals surface area contributed by atoms with Crippen molar-refractivity contribution in [2.45, 2.75) is 10.6 Å². The first-order valence-electron chi connectivity index (χ1n) is 4.79. The molecule has 0 saturated heterocycles. The number of anilines is 1. The third-order valence-electron chi connectivity index (χ3n) is 2.00. The van der Waals surface area contributed by atoms with Gasteiger partial charge in [0.15, 0.2) is 0 Å². The first-order valence-corrected chi connectivity index (χ1v) is 6.53. The average Bonchev–Trinajstić information content (AvgIpc) is 2.32. The Labute approximate surface area is 113 Å². The monoisotopic (exact) mass is 285 g/mol. The summed E-state index contributed by atoms with van der Waals surface area (Å²) in [4.78, 5) is 9.05. The van der Waals surface area contributed by atoms with E-state index in [1.54, 1.807) is 30.1 Å². The van der Waals surface area contributed by atoms with E-state index >= 15 is 0 Å². The molecule has 0 aliphatic carbocycles. The van der Waals surface area contributed by atoms with Gasteiger partial charge in [-0.15, -0.1) is 11.8 Å². The van der Waals surface area contributed by atoms with Gasteiger partial charge in [0.05, 0.1) is 23.1 Å². The van der Waals surface area contributed by atoms with E-state index in [0.717, 1.165) is 10.6 Å². The second-order valence-electron chi connectivity index (χ2n) is 3.31. The van der Waals surface area contributed by atoms with Crippen molar-refractivity contribution < 1.29 is 0 Å². The molecule has 0 bridgehead atoms. The smallest absolute Gasteiger partial charge is 0.147 e. The van der Waals surface area contributed by atoms with E-state index in [0.29, 0.717) is 21.6 Å². The average molecular weight is 286 g/mol. The van der Waals surface area contributed by atoms with Crippen molar-refractivity contribution in [3.8, 4) is 0 Å². The lowest BCUT2D eigenvalue weighted by atomic mass is 10.3. The van der Waals surface area contributed by atoms with Crippen LogP contribution in [0.15, 0.2) is 35.5 Å². The van der Waals surface area contributed by atoms with Crippen LogP contribution in [0.25, 0.3) is 0 Å². The summed E-state index contributed by atoms with van der Waals surface area (Å²) in [5, 5.41) is 1.08. The predicted molar refractivity (Wildman–Crippen MR) is 72.5 cm³/mol. The molecule has 6 heteroatoms. The van der Waals surface area contributed by atoms with Crippen LogP contribution in [0.5, 0.6) is 0 Å². The molecule has 1 aromatic heterocycles. The number of hydrogen-bond donors (Lipinski definition) is 1. The molecule has 0 amide bonds. The topological polar surface area (TPSA) is 51.8 Å². The number of rotatable bonds is 3. The third-order valence-corrected chi connectivity index (χ3v) is 3.73. The Morgan fingerprint density at radius 3 is 2.71 bits per heavy atom. The zero-order valence-electron chi connectivity index (χ0n) is 8.73. The highest BCUT2D eigenvalue weighted by molar-refractivity contribution is 7.98. The predicted octanol–water partition coefficient (Wildman–Crippen LogP) is 3.66. The number of benzene rings is 1. The molecule has 0 fully saturated rings. The maximum absolute atomic E-state index is 6.05. The van der Waals surface area contributed by atoms with Crippen molar-refractivity contribution in [3.05, 3.63) is 46.5 Å². The molecule has 0 aliphatic heterocycles. The number of nitrogens with zero attached hydrogens (tertiary/aromatic N) is 2. The molecule has 0 unspecified atom stereocenters. The van der Waals surface area contributed by atoms with Crippen LogP contribution in [-0.4, -0.2) is 9.97 Å². The van der Waals surface area contributed by atoms with Crippen molar-refractivity contribution in [2.24, 2.45) is 0 Å². The van der Waals surface area contributed by atoms with Crippen LogP contribution < -0.4 is 5.73 Å². The molecule has 0 spiro atoms. The SMILES string of the molecule is Nc1ccc(Cl)c(SCc2cnc(Cl)cn2)c1. The largest absolute Gasteiger partial charge is 0.399 e. The van der Waals surface area contributed by atoms with Gasteiger partial charge in [0.2, 0.25) is 0 Å². The van der Waals surface area contributed by atoms with E-state index in [4.69, 9.17) is 28.9 Å². The number of halogens is 2. The minimum atomic E-state index is 0.390. The lowest BCUT2D eigenvalue weighted by Gasteiger charge is -2.04. The third kappa shape index (κ3) is 3.49. The molecule has 0 atom stereocenters. The molecule has 3 nitrogen and oxygen atoms in total. The van der Waals surface area contributed by atoms with Gasteiger partial charge in [-0.05, 0) is 18.2 Å². The van der Waals surface area contributed by atoms with Gasteiger partial charge >= 0.3 is 0 Å². The highest BCUT2D eigenvalue weighted by Gasteiger charge is 2.03. The van der Waals surface area contributed by atoms with Crippen LogP contribution in [0.4, 0.5) is 5.69 Å². The zero-order chi connectivity index (χ0) is 12.3. The lowest BCUT2D eigenvalue weighted by Crippen LogP contribution is -1.89. The molecule has 2 aromatic rings. The molecule has 0 aliphatic rings. The summed E-state index contributed by atoms with van der Waals surface area (Å²) in [6.07, 6.45) is 3.17. The summed E-state index contributed by atoms with van der Waals surface area (Å²) >= 11 is 13.3. The summed E-state index contributed by atoms with van der Waals surface area (Å²) in [6, 6.07) is 5.40. The van der Waals surface area contributed by atoms with Crippen LogP contribution in [-0.2, 0) is 5.75 Å². The van der Waals surface area contributed by atoms with Gasteiger partial charge in [0.1, 0.15) is 5.15 Å². The summed E-state index contributed by atoms with van der Waals surface area (Å²) in [6.45, 7) is 0. The second-order valence-corrected chi connectivity index (χ2v) is 5.12. The van der Waals surface area contributed by atoms with Crippen molar-refractivity contribution in [1.29, 1.82) is 0 Å². The van der Waals surface area contributed by atoms with Gasteiger partial charge < -0.3 is 5.73 Å². The van der Waals surface area contributed by atoms with Crippen molar-refractivity contribution in [1.82, 2.24) is 9.97 Å². The Hall–Kier alpha value is -0.970. The quantitative estimate of drug-likeness (QED) is 0.691. The molecule has 17 heavy (non-hydrogen) atoms. The van der Waals surface area contributed by atoms with E-state index < -0.39 is 0 Å². The molecule has 0 radical (unpaired) electrons. The second kappa shape index (κ2) is 5.58. The van der Waals surface area contributed by atoms with Crippen molar-refractivity contribution in [2.75, 3.05) is 5.73 Å². The Kier molecular flexibility index (Phi) is 4.10. The van der Waals surface area contributed by atoms with E-state index in [9.17, 15) is 0 Å². The minimum absolute atomic E-state index is 0.390. The highest BCUT2D eigenvalue weighted by Crippen LogP contribution is 2.30. The summed E-state index contributed by atoms with van der Waals surface area (Å²) in [5.74, 6) is 0.674. The standard InChI is InChI=1S/C11H9Cl2N3S/c12-9-2-1-7(14)3-10(9)17-6-8-4-16-11(13)5-15-8/h1-5H,6,14H2. The molecule has 2 N–H and O–H groups in total. The summed E-state index contributed by atoms with van der Waals surface area (Å²) < 4.78 is 0. The molecular weight excluding hydrogens is 277 g/mol. The van der Waals surface area contributed by atoms with Crippen LogP contribution >= 0.6 is 35.0 Å². The van der Waals surface area contributed by atoms with E-state index in [1.165, 1.54) is 6.20 Å². The molecule has 1 heterocycles. The molecular formula is C11H9Cl2N3S. The summed E-state index contributed by atoms with van der Waals surface area (Å²) in [5.41, 5.74) is 7.24. The van der Waals surface area contributed by atoms with Gasteiger partial charge in [-0.2, -0.15) is 0 Å². The van der Waals surface area contributed by atoms with E-state index in [1.807, 2.05) is 6.07 Å². The first-order chi connectivity index (χ1) is 8.15. The molecule has 88 valence electrons. The normalized spacial score (nSPS) is 10.5. The van der Waals surface area contributed by atoms with Crippen molar-refractivity contribution in [3.63, 3.8) is 0 Å². The highest BCUT2D eigenvalue weighted by atomic mass is 35.5. The van der Waals surface area contributed by atoms with E-state index in [2.05, 4.69) is 9.97 Å². The summed E-state index contributed by atoms with van der Waals surface area (Å²) in [7, 11) is 0. The number of thioether (sulfide) groups is 1. The Balaban J connectivity index is 2.07. The van der Waals surface area contributed by atoms with Gasteiger partial charge in [0.25, 0.3) is 0 Å². The maximum Gasteiger partial charge on any atom is 0.147 e. The van der Waals surface area contributed by atoms with Crippen LogP contribution in [0.2, 0.25) is 10.2 Å². The van der Waals surface area contributed by atoms with Gasteiger partial charge in [-0.3, -0.25) is 4.98 Å². The Morgan fingerprint density at radius 1 is 1.18 bits per heavy atom. The van der Waals surface area contributed by atoms with Crippen LogP contribution in [0.1, 0.15) is 5.69 Å². The Morgan fingerprint density at radius 2 is 2.00 bits per heavy atom. The fourth-order valence-electron chi connectivity index (χ4n) is 1.20. The fourth-order valence-corrected chi connectivity index (χ4v) is 2.45. The zero-order valence-corrected chi connectivity index (χ0v) is 11.1. The minimum Gasteiger partial charge on any atom is -0.399 e.